The fraction of sp³-hybridized carbons (Fsp3) is 0.0833. The van der Waals surface area contributed by atoms with Crippen LogP contribution >= 0.6 is 35.0 Å². The standard InChI is InChI=1S/C12H9Cl2FN2S/c13-10-1-2-12(14)17-11(10)6-18-9-4-7(15)3-8(16)5-9/h1-5H,6,16H2. The first-order valence-corrected chi connectivity index (χ1v) is 6.78. The van der Waals surface area contributed by atoms with Crippen molar-refractivity contribution in [1.82, 2.24) is 4.98 Å². The van der Waals surface area contributed by atoms with Crippen molar-refractivity contribution in [3.63, 3.8) is 0 Å². The third kappa shape index (κ3) is 3.51. The van der Waals surface area contributed by atoms with Crippen molar-refractivity contribution in [2.24, 2.45) is 0 Å². The van der Waals surface area contributed by atoms with Gasteiger partial charge in [0.05, 0.1) is 10.7 Å². The van der Waals surface area contributed by atoms with Crippen molar-refractivity contribution in [1.29, 1.82) is 0 Å². The average Bonchev–Trinajstić information content (AvgIpc) is 2.29. The van der Waals surface area contributed by atoms with Crippen LogP contribution in [-0.4, -0.2) is 4.98 Å². The first kappa shape index (κ1) is 13.5. The van der Waals surface area contributed by atoms with Crippen LogP contribution in [0.5, 0.6) is 0 Å². The molecule has 0 unspecified atom stereocenters. The number of aromatic nitrogens is 1. The molecule has 0 spiro atoms. The third-order valence-electron chi connectivity index (χ3n) is 2.15. The summed E-state index contributed by atoms with van der Waals surface area (Å²) in [6, 6.07) is 7.70. The number of halogens is 3. The number of thioether (sulfide) groups is 1. The van der Waals surface area contributed by atoms with Crippen LogP contribution in [0.15, 0.2) is 35.2 Å². The van der Waals surface area contributed by atoms with E-state index in [-0.39, 0.29) is 5.82 Å². The number of anilines is 1. The predicted octanol–water partition coefficient (Wildman–Crippen LogP) is 4.40. The summed E-state index contributed by atoms with van der Waals surface area (Å²) in [7, 11) is 0. The van der Waals surface area contributed by atoms with E-state index in [2.05, 4.69) is 4.98 Å². The van der Waals surface area contributed by atoms with Crippen molar-refractivity contribution in [2.75, 3.05) is 5.73 Å². The maximum Gasteiger partial charge on any atom is 0.129 e. The first-order valence-electron chi connectivity index (χ1n) is 5.04. The molecule has 1 aromatic carbocycles. The predicted molar refractivity (Wildman–Crippen MR) is 74.6 cm³/mol. The highest BCUT2D eigenvalue weighted by molar-refractivity contribution is 7.98. The molecule has 2 rings (SSSR count). The van der Waals surface area contributed by atoms with Gasteiger partial charge in [-0.05, 0) is 30.3 Å². The SMILES string of the molecule is Nc1cc(F)cc(SCc2nc(Cl)ccc2Cl)c1. The van der Waals surface area contributed by atoms with Gasteiger partial charge in [-0.25, -0.2) is 9.37 Å². The van der Waals surface area contributed by atoms with Crippen LogP contribution in [0, 0.1) is 5.82 Å². The highest BCUT2D eigenvalue weighted by Crippen LogP contribution is 2.28. The molecule has 2 nitrogen and oxygen atoms in total. The number of hydrogen-bond donors (Lipinski definition) is 1. The second kappa shape index (κ2) is 5.78. The molecule has 0 saturated carbocycles. The van der Waals surface area contributed by atoms with Gasteiger partial charge in [-0.15, -0.1) is 11.8 Å². The Morgan fingerprint density at radius 1 is 1.22 bits per heavy atom. The number of pyridine rings is 1. The van der Waals surface area contributed by atoms with Gasteiger partial charge in [0.1, 0.15) is 11.0 Å². The Morgan fingerprint density at radius 2 is 2.00 bits per heavy atom. The minimum atomic E-state index is -0.359. The summed E-state index contributed by atoms with van der Waals surface area (Å²) >= 11 is 13.2. The van der Waals surface area contributed by atoms with Gasteiger partial charge in [0.2, 0.25) is 0 Å². The van der Waals surface area contributed by atoms with E-state index in [0.717, 1.165) is 4.90 Å². The normalized spacial score (nSPS) is 10.6. The smallest absolute Gasteiger partial charge is 0.129 e. The summed E-state index contributed by atoms with van der Waals surface area (Å²) in [6.45, 7) is 0. The molecule has 2 N–H and O–H groups in total. The van der Waals surface area contributed by atoms with Crippen LogP contribution in [-0.2, 0) is 5.75 Å². The summed E-state index contributed by atoms with van der Waals surface area (Å²) in [6.07, 6.45) is 0. The van der Waals surface area contributed by atoms with Gasteiger partial charge < -0.3 is 5.73 Å². The highest BCUT2D eigenvalue weighted by atomic mass is 35.5. The van der Waals surface area contributed by atoms with Crippen LogP contribution in [0.3, 0.4) is 0 Å². The summed E-state index contributed by atoms with van der Waals surface area (Å²) in [5.41, 5.74) is 6.62. The van der Waals surface area contributed by atoms with E-state index in [4.69, 9.17) is 28.9 Å². The van der Waals surface area contributed by atoms with Crippen LogP contribution in [0.25, 0.3) is 0 Å². The molecule has 2 aromatic rings. The van der Waals surface area contributed by atoms with Crippen molar-refractivity contribution < 1.29 is 4.39 Å². The molecule has 6 heteroatoms. The number of nitrogen functional groups attached to an aromatic ring is 1. The second-order valence-corrected chi connectivity index (χ2v) is 5.41. The lowest BCUT2D eigenvalue weighted by atomic mass is 10.3. The van der Waals surface area contributed by atoms with Crippen molar-refractivity contribution >= 4 is 40.7 Å². The molecule has 0 radical (unpaired) electrons. The molecular formula is C12H9Cl2FN2S. The van der Waals surface area contributed by atoms with Gasteiger partial charge in [-0.1, -0.05) is 23.2 Å². The fourth-order valence-electron chi connectivity index (χ4n) is 1.38. The molecule has 18 heavy (non-hydrogen) atoms. The van der Waals surface area contributed by atoms with Gasteiger partial charge in [0, 0.05) is 16.3 Å². The van der Waals surface area contributed by atoms with E-state index in [1.165, 1.54) is 23.9 Å². The lowest BCUT2D eigenvalue weighted by Gasteiger charge is -2.05. The maximum atomic E-state index is 13.1. The Morgan fingerprint density at radius 3 is 2.72 bits per heavy atom. The largest absolute Gasteiger partial charge is 0.399 e. The highest BCUT2D eigenvalue weighted by Gasteiger charge is 2.05. The molecule has 0 fully saturated rings. The van der Waals surface area contributed by atoms with Gasteiger partial charge in [-0.2, -0.15) is 0 Å². The maximum absolute atomic E-state index is 13.1. The fourth-order valence-corrected chi connectivity index (χ4v) is 2.73. The minimum Gasteiger partial charge on any atom is -0.399 e. The zero-order chi connectivity index (χ0) is 13.1. The molecule has 0 saturated heterocycles. The third-order valence-corrected chi connectivity index (χ3v) is 3.70. The van der Waals surface area contributed by atoms with Crippen LogP contribution in [0.2, 0.25) is 10.2 Å². The number of benzene rings is 1. The lowest BCUT2D eigenvalue weighted by molar-refractivity contribution is 0.625. The Hall–Kier alpha value is -0.970. The molecule has 0 aliphatic carbocycles. The van der Waals surface area contributed by atoms with Crippen molar-refractivity contribution in [3.05, 3.63) is 52.0 Å². The van der Waals surface area contributed by atoms with E-state index in [1.54, 1.807) is 18.2 Å². The Labute approximate surface area is 118 Å². The molecular weight excluding hydrogens is 294 g/mol. The van der Waals surface area contributed by atoms with Gasteiger partial charge >= 0.3 is 0 Å². The van der Waals surface area contributed by atoms with Gasteiger partial charge in [0.25, 0.3) is 0 Å². The van der Waals surface area contributed by atoms with Crippen molar-refractivity contribution in [2.45, 2.75) is 10.6 Å². The van der Waals surface area contributed by atoms with E-state index in [9.17, 15) is 4.39 Å². The Balaban J connectivity index is 2.13. The number of nitrogens with zero attached hydrogens (tertiary/aromatic N) is 1. The van der Waals surface area contributed by atoms with Gasteiger partial charge in [-0.3, -0.25) is 0 Å². The Kier molecular flexibility index (Phi) is 4.32. The zero-order valence-corrected chi connectivity index (χ0v) is 11.5. The number of rotatable bonds is 3. The quantitative estimate of drug-likeness (QED) is 0.519. The molecule has 0 atom stereocenters. The molecule has 94 valence electrons. The van der Waals surface area contributed by atoms with E-state index >= 15 is 0 Å². The number of nitrogens with two attached hydrogens (primary N) is 1. The van der Waals surface area contributed by atoms with Crippen molar-refractivity contribution in [3.8, 4) is 0 Å². The van der Waals surface area contributed by atoms with Crippen LogP contribution < -0.4 is 5.73 Å². The minimum absolute atomic E-state index is 0.359. The zero-order valence-electron chi connectivity index (χ0n) is 9.16. The average molecular weight is 303 g/mol. The molecule has 0 amide bonds. The number of hydrogen-bond acceptors (Lipinski definition) is 3. The topological polar surface area (TPSA) is 38.9 Å². The van der Waals surface area contributed by atoms with Gasteiger partial charge in [0.15, 0.2) is 0 Å². The summed E-state index contributed by atoms with van der Waals surface area (Å²) in [5.74, 6) is 0.144. The van der Waals surface area contributed by atoms with E-state index < -0.39 is 0 Å². The summed E-state index contributed by atoms with van der Waals surface area (Å²) in [5, 5.41) is 0.921. The monoisotopic (exact) mass is 302 g/mol. The van der Waals surface area contributed by atoms with Crippen LogP contribution in [0.1, 0.15) is 5.69 Å². The van der Waals surface area contributed by atoms with Crippen LogP contribution in [0.4, 0.5) is 10.1 Å². The summed E-state index contributed by atoms with van der Waals surface area (Å²) < 4.78 is 13.1. The lowest BCUT2D eigenvalue weighted by Crippen LogP contribution is -1.91. The molecule has 0 bridgehead atoms. The second-order valence-electron chi connectivity index (χ2n) is 3.57. The molecule has 1 aromatic heterocycles. The van der Waals surface area contributed by atoms with E-state index in [1.807, 2.05) is 0 Å². The summed E-state index contributed by atoms with van der Waals surface area (Å²) in [4.78, 5) is 4.85. The molecule has 0 aliphatic rings. The van der Waals surface area contributed by atoms with E-state index in [0.29, 0.717) is 27.3 Å². The Bertz CT molecular complexity index is 558. The first-order chi connectivity index (χ1) is 8.54. The molecule has 0 aliphatic heterocycles. The molecule has 1 heterocycles.